The fraction of sp³-hybridized carbons (Fsp3) is 0.636. The van der Waals surface area contributed by atoms with E-state index in [1.165, 1.54) is 4.90 Å². The Morgan fingerprint density at radius 2 is 2.24 bits per heavy atom. The third-order valence-corrected chi connectivity index (χ3v) is 2.47. The van der Waals surface area contributed by atoms with Crippen LogP contribution in [0.5, 0.6) is 0 Å². The molecule has 6 heteroatoms. The Hall–Kier alpha value is -1.90. The van der Waals surface area contributed by atoms with Crippen molar-refractivity contribution >= 4 is 5.91 Å². The van der Waals surface area contributed by atoms with E-state index in [4.69, 9.17) is 5.26 Å². The van der Waals surface area contributed by atoms with E-state index < -0.39 is 5.92 Å². The van der Waals surface area contributed by atoms with E-state index in [9.17, 15) is 4.79 Å². The van der Waals surface area contributed by atoms with Crippen LogP contribution in [0.1, 0.15) is 25.5 Å². The van der Waals surface area contributed by atoms with Gasteiger partial charge in [-0.2, -0.15) is 10.4 Å². The van der Waals surface area contributed by atoms with Crippen LogP contribution in [0.4, 0.5) is 0 Å². The summed E-state index contributed by atoms with van der Waals surface area (Å²) >= 11 is 0. The minimum absolute atomic E-state index is 0.00355. The van der Waals surface area contributed by atoms with Gasteiger partial charge in [0.25, 0.3) is 0 Å². The molecule has 0 spiro atoms. The average molecular weight is 235 g/mol. The van der Waals surface area contributed by atoms with Crippen LogP contribution in [0.3, 0.4) is 0 Å². The number of nitrogens with zero attached hydrogens (tertiary/aromatic N) is 4. The first-order valence-electron chi connectivity index (χ1n) is 5.48. The van der Waals surface area contributed by atoms with E-state index in [1.54, 1.807) is 14.0 Å². The lowest BCUT2D eigenvalue weighted by molar-refractivity contribution is -0.134. The summed E-state index contributed by atoms with van der Waals surface area (Å²) in [6.07, 6.45) is 0. The molecule has 0 saturated heterocycles. The summed E-state index contributed by atoms with van der Waals surface area (Å²) in [6, 6.07) is 2.03. The SMILES string of the molecule is Cc1nc(CN(C)C(=O)C(C#N)C(C)C)n[nH]1. The van der Waals surface area contributed by atoms with Crippen molar-refractivity contribution in [3.8, 4) is 6.07 Å². The minimum Gasteiger partial charge on any atom is -0.337 e. The highest BCUT2D eigenvalue weighted by Gasteiger charge is 2.25. The number of aromatic amines is 1. The maximum atomic E-state index is 12.0. The number of carbonyl (C=O) groups excluding carboxylic acids is 1. The number of H-pyrrole nitrogens is 1. The van der Waals surface area contributed by atoms with E-state index in [1.807, 2.05) is 19.9 Å². The first-order valence-corrected chi connectivity index (χ1v) is 5.48. The number of hydrogen-bond donors (Lipinski definition) is 1. The fourth-order valence-corrected chi connectivity index (χ4v) is 1.48. The summed E-state index contributed by atoms with van der Waals surface area (Å²) < 4.78 is 0. The summed E-state index contributed by atoms with van der Waals surface area (Å²) in [5, 5.41) is 15.6. The second-order valence-electron chi connectivity index (χ2n) is 4.38. The molecule has 1 aromatic rings. The van der Waals surface area contributed by atoms with E-state index >= 15 is 0 Å². The van der Waals surface area contributed by atoms with E-state index in [2.05, 4.69) is 15.2 Å². The van der Waals surface area contributed by atoms with Gasteiger partial charge in [-0.25, -0.2) is 4.98 Å². The highest BCUT2D eigenvalue weighted by atomic mass is 16.2. The Balaban J connectivity index is 2.67. The molecule has 17 heavy (non-hydrogen) atoms. The summed E-state index contributed by atoms with van der Waals surface area (Å²) in [6.45, 7) is 5.83. The van der Waals surface area contributed by atoms with Crippen LogP contribution in [-0.4, -0.2) is 33.0 Å². The van der Waals surface area contributed by atoms with Gasteiger partial charge in [-0.1, -0.05) is 13.8 Å². The Morgan fingerprint density at radius 1 is 1.59 bits per heavy atom. The lowest BCUT2D eigenvalue weighted by atomic mass is 9.96. The predicted octanol–water partition coefficient (Wildman–Crippen LogP) is 0.867. The number of aromatic nitrogens is 3. The van der Waals surface area contributed by atoms with Gasteiger partial charge in [0.05, 0.1) is 12.6 Å². The number of nitrogens with one attached hydrogen (secondary N) is 1. The quantitative estimate of drug-likeness (QED) is 0.838. The zero-order chi connectivity index (χ0) is 13.0. The van der Waals surface area contributed by atoms with Crippen molar-refractivity contribution in [3.05, 3.63) is 11.6 Å². The van der Waals surface area contributed by atoms with Gasteiger partial charge in [0.15, 0.2) is 5.82 Å². The van der Waals surface area contributed by atoms with Crippen molar-refractivity contribution < 1.29 is 4.79 Å². The molecule has 0 fully saturated rings. The van der Waals surface area contributed by atoms with Crippen molar-refractivity contribution in [3.63, 3.8) is 0 Å². The second-order valence-corrected chi connectivity index (χ2v) is 4.38. The van der Waals surface area contributed by atoms with Crippen LogP contribution >= 0.6 is 0 Å². The second kappa shape index (κ2) is 5.43. The summed E-state index contributed by atoms with van der Waals surface area (Å²) in [5.74, 6) is 0.467. The lowest BCUT2D eigenvalue weighted by Crippen LogP contribution is -2.34. The van der Waals surface area contributed by atoms with Crippen molar-refractivity contribution in [2.75, 3.05) is 7.05 Å². The predicted molar refractivity (Wildman–Crippen MR) is 61.5 cm³/mol. The van der Waals surface area contributed by atoms with E-state index in [0.29, 0.717) is 18.2 Å². The van der Waals surface area contributed by atoms with Gasteiger partial charge in [0.2, 0.25) is 5.91 Å². The van der Waals surface area contributed by atoms with Gasteiger partial charge < -0.3 is 4.90 Å². The molecule has 1 heterocycles. The number of nitriles is 1. The molecule has 0 aliphatic rings. The largest absolute Gasteiger partial charge is 0.337 e. The normalized spacial score (nSPS) is 12.2. The minimum atomic E-state index is -0.611. The molecule has 1 aromatic heterocycles. The van der Waals surface area contributed by atoms with Crippen molar-refractivity contribution in [1.29, 1.82) is 5.26 Å². The monoisotopic (exact) mass is 235 g/mol. The van der Waals surface area contributed by atoms with E-state index in [0.717, 1.165) is 0 Å². The molecule has 92 valence electrons. The van der Waals surface area contributed by atoms with Gasteiger partial charge in [-0.3, -0.25) is 9.89 Å². The fourth-order valence-electron chi connectivity index (χ4n) is 1.48. The molecule has 1 N–H and O–H groups in total. The molecule has 1 rings (SSSR count). The number of hydrogen-bond acceptors (Lipinski definition) is 4. The van der Waals surface area contributed by atoms with Crippen LogP contribution in [0, 0.1) is 30.1 Å². The van der Waals surface area contributed by atoms with Gasteiger partial charge >= 0.3 is 0 Å². The maximum absolute atomic E-state index is 12.0. The van der Waals surface area contributed by atoms with Crippen molar-refractivity contribution in [1.82, 2.24) is 20.1 Å². The Labute approximate surface area is 101 Å². The Morgan fingerprint density at radius 3 is 2.65 bits per heavy atom. The molecule has 0 radical (unpaired) electrons. The first kappa shape index (κ1) is 13.2. The summed E-state index contributed by atoms with van der Waals surface area (Å²) in [7, 11) is 1.65. The molecular formula is C11H17N5O. The van der Waals surface area contributed by atoms with Gasteiger partial charge in [-0.05, 0) is 12.8 Å². The van der Waals surface area contributed by atoms with Crippen molar-refractivity contribution in [2.24, 2.45) is 11.8 Å². The molecule has 0 aromatic carbocycles. The molecule has 6 nitrogen and oxygen atoms in total. The van der Waals surface area contributed by atoms with Crippen molar-refractivity contribution in [2.45, 2.75) is 27.3 Å². The van der Waals surface area contributed by atoms with Crippen LogP contribution < -0.4 is 0 Å². The number of aryl methyl sites for hydroxylation is 1. The topological polar surface area (TPSA) is 85.7 Å². The summed E-state index contributed by atoms with van der Waals surface area (Å²) in [4.78, 5) is 17.6. The lowest BCUT2D eigenvalue weighted by Gasteiger charge is -2.20. The smallest absolute Gasteiger partial charge is 0.240 e. The van der Waals surface area contributed by atoms with Gasteiger partial charge in [0, 0.05) is 7.05 Å². The highest BCUT2D eigenvalue weighted by Crippen LogP contribution is 2.13. The maximum Gasteiger partial charge on any atom is 0.240 e. The molecule has 0 saturated carbocycles. The number of rotatable bonds is 4. The van der Waals surface area contributed by atoms with Crippen LogP contribution in [0.15, 0.2) is 0 Å². The third kappa shape index (κ3) is 3.28. The zero-order valence-corrected chi connectivity index (χ0v) is 10.6. The molecule has 1 amide bonds. The van der Waals surface area contributed by atoms with Crippen LogP contribution in [-0.2, 0) is 11.3 Å². The van der Waals surface area contributed by atoms with Gasteiger partial charge in [0.1, 0.15) is 11.7 Å². The third-order valence-electron chi connectivity index (χ3n) is 2.47. The Bertz CT molecular complexity index is 431. The molecular weight excluding hydrogens is 218 g/mol. The number of carbonyl (C=O) groups is 1. The standard InChI is InChI=1S/C11H17N5O/c1-7(2)9(5-12)11(17)16(4)6-10-13-8(3)14-15-10/h7,9H,6H2,1-4H3,(H,13,14,15). The van der Waals surface area contributed by atoms with Crippen LogP contribution in [0.2, 0.25) is 0 Å². The van der Waals surface area contributed by atoms with Gasteiger partial charge in [-0.15, -0.1) is 0 Å². The van der Waals surface area contributed by atoms with E-state index in [-0.39, 0.29) is 11.8 Å². The zero-order valence-electron chi connectivity index (χ0n) is 10.6. The Kier molecular flexibility index (Phi) is 4.21. The average Bonchev–Trinajstić information content (AvgIpc) is 2.64. The molecule has 0 aliphatic carbocycles. The molecule has 1 atom stereocenters. The first-order chi connectivity index (χ1) is 7.95. The highest BCUT2D eigenvalue weighted by molar-refractivity contribution is 5.81. The summed E-state index contributed by atoms with van der Waals surface area (Å²) in [5.41, 5.74) is 0. The molecule has 0 aliphatic heterocycles. The molecule has 0 bridgehead atoms. The van der Waals surface area contributed by atoms with Crippen LogP contribution in [0.25, 0.3) is 0 Å². The molecule has 1 unspecified atom stereocenters. The number of amides is 1.